The highest BCUT2D eigenvalue weighted by Crippen LogP contribution is 2.54. The predicted molar refractivity (Wildman–Crippen MR) is 93.3 cm³/mol. The van der Waals surface area contributed by atoms with Crippen molar-refractivity contribution in [1.82, 2.24) is 0 Å². The van der Waals surface area contributed by atoms with Crippen molar-refractivity contribution in [3.05, 3.63) is 22.8 Å². The maximum absolute atomic E-state index is 12.5. The first kappa shape index (κ1) is 18.9. The normalized spacial score (nSPS) is 37.0. The average molecular weight is 334 g/mol. The number of rotatable bonds is 2. The molecule has 0 unspecified atom stereocenters. The van der Waals surface area contributed by atoms with E-state index in [2.05, 4.69) is 13.8 Å². The Hall–Kier alpha value is -1.42. The summed E-state index contributed by atoms with van der Waals surface area (Å²) in [5.74, 6) is -0.376. The van der Waals surface area contributed by atoms with Crippen LogP contribution in [0.15, 0.2) is 22.8 Å². The quantitative estimate of drug-likeness (QED) is 0.619. The lowest BCUT2D eigenvalue weighted by atomic mass is 9.53. The lowest BCUT2D eigenvalue weighted by Gasteiger charge is -2.53. The van der Waals surface area contributed by atoms with Crippen molar-refractivity contribution >= 4 is 11.8 Å². The number of esters is 1. The fourth-order valence-electron chi connectivity index (χ4n) is 4.26. The summed E-state index contributed by atoms with van der Waals surface area (Å²) in [6.45, 7) is 11.6. The van der Waals surface area contributed by atoms with Gasteiger partial charge < -0.3 is 9.84 Å². The number of fused-ring (bicyclic) bond motifs is 1. The number of Topliss-reactive ketones (excluding diaryl/α,β-unsaturated/α-hetero) is 1. The third-order valence-corrected chi connectivity index (χ3v) is 6.33. The highest BCUT2D eigenvalue weighted by molar-refractivity contribution is 6.00. The van der Waals surface area contributed by atoms with Crippen molar-refractivity contribution in [1.29, 1.82) is 0 Å². The topological polar surface area (TPSA) is 63.6 Å². The Morgan fingerprint density at radius 1 is 1.29 bits per heavy atom. The van der Waals surface area contributed by atoms with E-state index in [1.165, 1.54) is 0 Å². The lowest BCUT2D eigenvalue weighted by molar-refractivity contribution is -0.165. The van der Waals surface area contributed by atoms with Gasteiger partial charge in [0.05, 0.1) is 0 Å². The Morgan fingerprint density at radius 2 is 1.92 bits per heavy atom. The number of aliphatic hydroxyl groups is 1. The highest BCUT2D eigenvalue weighted by Gasteiger charge is 2.55. The molecule has 2 saturated carbocycles. The van der Waals surface area contributed by atoms with Gasteiger partial charge in [0.25, 0.3) is 0 Å². The molecule has 134 valence electrons. The summed E-state index contributed by atoms with van der Waals surface area (Å²) < 4.78 is 5.74. The number of allylic oxidation sites excluding steroid dienone is 2. The molecule has 2 aliphatic carbocycles. The molecule has 5 atom stereocenters. The van der Waals surface area contributed by atoms with E-state index < -0.39 is 6.10 Å². The molecule has 0 spiro atoms. The molecule has 0 aromatic carbocycles. The van der Waals surface area contributed by atoms with E-state index in [1.54, 1.807) is 13.0 Å². The minimum absolute atomic E-state index is 0.0686. The maximum Gasteiger partial charge on any atom is 0.333 e. The summed E-state index contributed by atoms with van der Waals surface area (Å²) in [5, 5.41) is 10.6. The number of carbonyl (C=O) groups excluding carboxylic acids is 2. The molecule has 24 heavy (non-hydrogen) atoms. The number of hydrogen-bond acceptors (Lipinski definition) is 4. The van der Waals surface area contributed by atoms with Crippen LogP contribution >= 0.6 is 0 Å². The van der Waals surface area contributed by atoms with Crippen molar-refractivity contribution in [3.63, 3.8) is 0 Å². The average Bonchev–Trinajstić information content (AvgIpc) is 2.54. The van der Waals surface area contributed by atoms with Crippen LogP contribution in [0.3, 0.4) is 0 Å². The minimum atomic E-state index is -0.940. The van der Waals surface area contributed by atoms with Gasteiger partial charge in [-0.1, -0.05) is 25.5 Å². The molecule has 0 bridgehead atoms. The minimum Gasteiger partial charge on any atom is -0.459 e. The molecule has 4 heteroatoms. The van der Waals surface area contributed by atoms with E-state index in [0.717, 1.165) is 11.1 Å². The molecule has 2 aliphatic rings. The Bertz CT molecular complexity index is 597. The molecule has 0 aromatic heterocycles. The lowest BCUT2D eigenvalue weighted by Crippen LogP contribution is -2.55. The van der Waals surface area contributed by atoms with E-state index in [-0.39, 0.29) is 35.1 Å². The molecule has 0 saturated heterocycles. The van der Waals surface area contributed by atoms with Crippen LogP contribution in [-0.4, -0.2) is 29.1 Å². The predicted octanol–water partition coefficient (Wildman–Crippen LogP) is 3.59. The van der Waals surface area contributed by atoms with E-state index >= 15 is 0 Å². The van der Waals surface area contributed by atoms with Crippen molar-refractivity contribution in [2.24, 2.45) is 17.3 Å². The second kappa shape index (κ2) is 6.83. The van der Waals surface area contributed by atoms with Gasteiger partial charge in [-0.3, -0.25) is 4.79 Å². The fraction of sp³-hybridized carbons (Fsp3) is 0.700. The molecule has 2 rings (SSSR count). The van der Waals surface area contributed by atoms with E-state index in [9.17, 15) is 14.7 Å². The standard InChI is InChI=1S/C20H30O4/c1-7-12(4)19(23)24-16-9-8-15-18(22)17(21)14(11(2)3)10-20(15,6)13(16)5/h7,13,15-16,18,22H,8-10H2,1-6H3/b12-7+/t13-,15+,16+,18-,20+/m0/s1. The van der Waals surface area contributed by atoms with Crippen LogP contribution in [0.5, 0.6) is 0 Å². The number of aliphatic hydroxyl groups excluding tert-OH is 1. The van der Waals surface area contributed by atoms with Crippen LogP contribution in [0, 0.1) is 17.3 Å². The number of hydrogen-bond donors (Lipinski definition) is 1. The number of ketones is 1. The Kier molecular flexibility index (Phi) is 5.38. The molecule has 4 nitrogen and oxygen atoms in total. The first-order chi connectivity index (χ1) is 11.1. The maximum atomic E-state index is 12.5. The van der Waals surface area contributed by atoms with Crippen LogP contribution in [0.25, 0.3) is 0 Å². The summed E-state index contributed by atoms with van der Waals surface area (Å²) >= 11 is 0. The molecule has 1 N–H and O–H groups in total. The SMILES string of the molecule is C/C=C(\C)C(=O)O[C@@H]1CC[C@@H]2[C@H](O)C(=O)C(=C(C)C)C[C@]2(C)[C@H]1C. The van der Waals surface area contributed by atoms with Gasteiger partial charge in [0.15, 0.2) is 5.78 Å². The third-order valence-electron chi connectivity index (χ3n) is 6.33. The first-order valence-electron chi connectivity index (χ1n) is 8.86. The highest BCUT2D eigenvalue weighted by atomic mass is 16.5. The molecular weight excluding hydrogens is 304 g/mol. The molecule has 0 aromatic rings. The monoisotopic (exact) mass is 334 g/mol. The second-order valence-corrected chi connectivity index (χ2v) is 7.86. The van der Waals surface area contributed by atoms with Gasteiger partial charge in [0.2, 0.25) is 0 Å². The summed E-state index contributed by atoms with van der Waals surface area (Å²) in [6, 6.07) is 0. The van der Waals surface area contributed by atoms with Crippen LogP contribution < -0.4 is 0 Å². The van der Waals surface area contributed by atoms with Gasteiger partial charge in [-0.25, -0.2) is 4.79 Å². The van der Waals surface area contributed by atoms with E-state index in [4.69, 9.17) is 4.74 Å². The largest absolute Gasteiger partial charge is 0.459 e. The molecule has 0 amide bonds. The Morgan fingerprint density at radius 3 is 2.46 bits per heavy atom. The van der Waals surface area contributed by atoms with Gasteiger partial charge in [0, 0.05) is 5.57 Å². The van der Waals surface area contributed by atoms with Crippen molar-refractivity contribution in [2.75, 3.05) is 0 Å². The van der Waals surface area contributed by atoms with Crippen molar-refractivity contribution < 1.29 is 19.4 Å². The second-order valence-electron chi connectivity index (χ2n) is 7.86. The summed E-state index contributed by atoms with van der Waals surface area (Å²) in [6.07, 6.45) is 2.69. The Labute approximate surface area is 145 Å². The van der Waals surface area contributed by atoms with Crippen LogP contribution in [0.4, 0.5) is 0 Å². The summed E-state index contributed by atoms with van der Waals surface area (Å²) in [4.78, 5) is 24.6. The first-order valence-corrected chi connectivity index (χ1v) is 8.86. The van der Waals surface area contributed by atoms with Gasteiger partial charge in [-0.2, -0.15) is 0 Å². The number of carbonyl (C=O) groups is 2. The van der Waals surface area contributed by atoms with Gasteiger partial charge >= 0.3 is 5.97 Å². The zero-order chi connectivity index (χ0) is 18.2. The molecular formula is C20H30O4. The molecule has 2 fully saturated rings. The summed E-state index contributed by atoms with van der Waals surface area (Å²) in [7, 11) is 0. The van der Waals surface area contributed by atoms with Gasteiger partial charge in [0.1, 0.15) is 12.2 Å². The molecule has 0 heterocycles. The van der Waals surface area contributed by atoms with E-state index in [0.29, 0.717) is 24.8 Å². The third kappa shape index (κ3) is 3.08. The van der Waals surface area contributed by atoms with Crippen LogP contribution in [-0.2, 0) is 14.3 Å². The van der Waals surface area contributed by atoms with Crippen LogP contribution in [0.1, 0.15) is 60.8 Å². The van der Waals surface area contributed by atoms with E-state index in [1.807, 2.05) is 20.8 Å². The zero-order valence-electron chi connectivity index (χ0n) is 15.7. The smallest absolute Gasteiger partial charge is 0.333 e. The van der Waals surface area contributed by atoms with Crippen molar-refractivity contribution in [3.8, 4) is 0 Å². The van der Waals surface area contributed by atoms with Gasteiger partial charge in [-0.15, -0.1) is 0 Å². The van der Waals surface area contributed by atoms with Crippen molar-refractivity contribution in [2.45, 2.75) is 73.0 Å². The Balaban J connectivity index is 2.29. The summed E-state index contributed by atoms with van der Waals surface area (Å²) in [5.41, 5.74) is 2.07. The zero-order valence-corrected chi connectivity index (χ0v) is 15.7. The number of ether oxygens (including phenoxy) is 1. The molecule has 0 aliphatic heterocycles. The molecule has 0 radical (unpaired) electrons. The van der Waals surface area contributed by atoms with Gasteiger partial charge in [-0.05, 0) is 69.8 Å². The van der Waals surface area contributed by atoms with Crippen LogP contribution in [0.2, 0.25) is 0 Å². The fourth-order valence-corrected chi connectivity index (χ4v) is 4.26.